The lowest BCUT2D eigenvalue weighted by atomic mass is 10.3. The van der Waals surface area contributed by atoms with Gasteiger partial charge in [0, 0.05) is 16.5 Å². The van der Waals surface area contributed by atoms with Crippen LogP contribution < -0.4 is 5.32 Å². The van der Waals surface area contributed by atoms with Gasteiger partial charge in [0.05, 0.1) is 17.2 Å². The molecular formula is C16H17N3OS. The summed E-state index contributed by atoms with van der Waals surface area (Å²) in [7, 11) is 0. The molecule has 0 aliphatic heterocycles. The summed E-state index contributed by atoms with van der Waals surface area (Å²) in [6.07, 6.45) is 2.42. The number of benzene rings is 1. The Balaban J connectivity index is 1.54. The first-order valence-corrected chi connectivity index (χ1v) is 8.08. The van der Waals surface area contributed by atoms with Gasteiger partial charge in [0.25, 0.3) is 0 Å². The molecule has 4 rings (SSSR count). The Morgan fingerprint density at radius 1 is 1.29 bits per heavy atom. The predicted octanol–water partition coefficient (Wildman–Crippen LogP) is 4.39. The molecule has 5 heteroatoms. The highest BCUT2D eigenvalue weighted by Crippen LogP contribution is 2.40. The number of nitrogens with one attached hydrogen (secondary N) is 1. The van der Waals surface area contributed by atoms with Crippen molar-refractivity contribution >= 4 is 28.1 Å². The summed E-state index contributed by atoms with van der Waals surface area (Å²) >= 11 is 1.75. The minimum absolute atomic E-state index is 0.552. The van der Waals surface area contributed by atoms with E-state index in [0.717, 1.165) is 39.9 Å². The molecule has 0 amide bonds. The number of hydrogen-bond acceptors (Lipinski definition) is 5. The van der Waals surface area contributed by atoms with E-state index in [0.29, 0.717) is 5.92 Å². The Morgan fingerprint density at radius 2 is 2.14 bits per heavy atom. The summed E-state index contributed by atoms with van der Waals surface area (Å²) in [5.41, 5.74) is 4.01. The van der Waals surface area contributed by atoms with Crippen LogP contribution in [-0.2, 0) is 6.54 Å². The molecule has 1 N–H and O–H groups in total. The number of aromatic nitrogens is 2. The van der Waals surface area contributed by atoms with E-state index < -0.39 is 0 Å². The van der Waals surface area contributed by atoms with Crippen molar-refractivity contribution in [3.8, 4) is 0 Å². The largest absolute Gasteiger partial charge is 0.440 e. The normalized spacial score (nSPS) is 14.8. The van der Waals surface area contributed by atoms with Gasteiger partial charge in [-0.25, -0.2) is 9.97 Å². The topological polar surface area (TPSA) is 51.0 Å². The SMILES string of the molecule is Cc1nc(C)c(CNc2ccc3oc(C4CC4)nc3c2)s1. The van der Waals surface area contributed by atoms with E-state index in [4.69, 9.17) is 4.42 Å². The van der Waals surface area contributed by atoms with Crippen molar-refractivity contribution in [2.75, 3.05) is 5.32 Å². The van der Waals surface area contributed by atoms with Gasteiger partial charge in [-0.2, -0.15) is 0 Å². The Bertz CT molecular complexity index is 801. The first-order valence-electron chi connectivity index (χ1n) is 7.26. The quantitative estimate of drug-likeness (QED) is 0.776. The van der Waals surface area contributed by atoms with E-state index in [1.165, 1.54) is 17.7 Å². The molecule has 3 aromatic rings. The minimum Gasteiger partial charge on any atom is -0.440 e. The number of anilines is 1. The van der Waals surface area contributed by atoms with Crippen LogP contribution in [0, 0.1) is 13.8 Å². The van der Waals surface area contributed by atoms with Crippen LogP contribution in [0.25, 0.3) is 11.1 Å². The molecule has 0 spiro atoms. The molecule has 1 saturated carbocycles. The van der Waals surface area contributed by atoms with Crippen molar-refractivity contribution in [1.82, 2.24) is 9.97 Å². The maximum Gasteiger partial charge on any atom is 0.198 e. The zero-order chi connectivity index (χ0) is 14.4. The maximum absolute atomic E-state index is 5.79. The van der Waals surface area contributed by atoms with Crippen LogP contribution in [0.3, 0.4) is 0 Å². The summed E-state index contributed by atoms with van der Waals surface area (Å²) in [6, 6.07) is 6.11. The molecule has 0 unspecified atom stereocenters. The van der Waals surface area contributed by atoms with Gasteiger partial charge in [0.2, 0.25) is 0 Å². The van der Waals surface area contributed by atoms with E-state index in [-0.39, 0.29) is 0 Å². The Hall–Kier alpha value is -1.88. The molecule has 2 aromatic heterocycles. The smallest absolute Gasteiger partial charge is 0.198 e. The van der Waals surface area contributed by atoms with Crippen LogP contribution in [0.4, 0.5) is 5.69 Å². The highest BCUT2D eigenvalue weighted by Gasteiger charge is 2.28. The zero-order valence-electron chi connectivity index (χ0n) is 12.1. The summed E-state index contributed by atoms with van der Waals surface area (Å²) in [5.74, 6) is 1.45. The van der Waals surface area contributed by atoms with Crippen molar-refractivity contribution in [2.24, 2.45) is 0 Å². The number of oxazole rings is 1. The number of thiazole rings is 1. The van der Waals surface area contributed by atoms with E-state index in [9.17, 15) is 0 Å². The number of hydrogen-bond donors (Lipinski definition) is 1. The lowest BCUT2D eigenvalue weighted by Gasteiger charge is -2.04. The molecule has 1 fully saturated rings. The minimum atomic E-state index is 0.552. The molecule has 1 aliphatic rings. The lowest BCUT2D eigenvalue weighted by Crippen LogP contribution is -1.98. The Morgan fingerprint density at radius 3 is 2.86 bits per heavy atom. The molecular weight excluding hydrogens is 282 g/mol. The molecule has 0 atom stereocenters. The molecule has 1 aliphatic carbocycles. The van der Waals surface area contributed by atoms with Gasteiger partial charge in [-0.15, -0.1) is 11.3 Å². The van der Waals surface area contributed by atoms with E-state index in [1.807, 2.05) is 19.1 Å². The van der Waals surface area contributed by atoms with E-state index in [1.54, 1.807) is 11.3 Å². The maximum atomic E-state index is 5.79. The summed E-state index contributed by atoms with van der Waals surface area (Å²) in [4.78, 5) is 10.3. The molecule has 0 saturated heterocycles. The van der Waals surface area contributed by atoms with Crippen molar-refractivity contribution in [2.45, 2.75) is 39.2 Å². The average Bonchev–Trinajstić information content (AvgIpc) is 3.14. The van der Waals surface area contributed by atoms with Crippen molar-refractivity contribution in [3.63, 3.8) is 0 Å². The van der Waals surface area contributed by atoms with Crippen LogP contribution >= 0.6 is 11.3 Å². The molecule has 1 aromatic carbocycles. The highest BCUT2D eigenvalue weighted by atomic mass is 32.1. The van der Waals surface area contributed by atoms with Gasteiger partial charge in [-0.3, -0.25) is 0 Å². The van der Waals surface area contributed by atoms with Crippen molar-refractivity contribution in [1.29, 1.82) is 0 Å². The van der Waals surface area contributed by atoms with Gasteiger partial charge in [0.1, 0.15) is 5.52 Å². The van der Waals surface area contributed by atoms with E-state index >= 15 is 0 Å². The molecule has 4 nitrogen and oxygen atoms in total. The Kier molecular flexibility index (Phi) is 2.96. The fourth-order valence-corrected chi connectivity index (χ4v) is 3.36. The van der Waals surface area contributed by atoms with Gasteiger partial charge in [-0.1, -0.05) is 0 Å². The second-order valence-electron chi connectivity index (χ2n) is 5.60. The molecule has 0 radical (unpaired) electrons. The first kappa shape index (κ1) is 12.8. The van der Waals surface area contributed by atoms with Crippen molar-refractivity contribution < 1.29 is 4.42 Å². The molecule has 2 heterocycles. The third kappa shape index (κ3) is 2.53. The summed E-state index contributed by atoms with van der Waals surface area (Å²) in [5, 5.41) is 4.57. The molecule has 0 bridgehead atoms. The van der Waals surface area contributed by atoms with Crippen LogP contribution in [0.2, 0.25) is 0 Å². The van der Waals surface area contributed by atoms with Crippen LogP contribution in [0.1, 0.15) is 40.2 Å². The van der Waals surface area contributed by atoms with Gasteiger partial charge in [0.15, 0.2) is 11.5 Å². The van der Waals surface area contributed by atoms with Crippen molar-refractivity contribution in [3.05, 3.63) is 39.7 Å². The van der Waals surface area contributed by atoms with Crippen LogP contribution in [0.15, 0.2) is 22.6 Å². The number of nitrogens with zero attached hydrogens (tertiary/aromatic N) is 2. The highest BCUT2D eigenvalue weighted by molar-refractivity contribution is 7.11. The van der Waals surface area contributed by atoms with Gasteiger partial charge >= 0.3 is 0 Å². The third-order valence-corrected chi connectivity index (χ3v) is 4.86. The monoisotopic (exact) mass is 299 g/mol. The predicted molar refractivity (Wildman–Crippen MR) is 84.9 cm³/mol. The van der Waals surface area contributed by atoms with E-state index in [2.05, 4.69) is 28.3 Å². The second-order valence-corrected chi connectivity index (χ2v) is 6.89. The zero-order valence-corrected chi connectivity index (χ0v) is 13.0. The summed E-state index contributed by atoms with van der Waals surface area (Å²) < 4.78 is 5.79. The second kappa shape index (κ2) is 4.84. The number of aryl methyl sites for hydroxylation is 2. The number of rotatable bonds is 4. The molecule has 108 valence electrons. The van der Waals surface area contributed by atoms with Crippen LogP contribution in [0.5, 0.6) is 0 Å². The first-order chi connectivity index (χ1) is 10.2. The fraction of sp³-hybridized carbons (Fsp3) is 0.375. The third-order valence-electron chi connectivity index (χ3n) is 3.78. The van der Waals surface area contributed by atoms with Crippen LogP contribution in [-0.4, -0.2) is 9.97 Å². The average molecular weight is 299 g/mol. The Labute approximate surface area is 127 Å². The fourth-order valence-electron chi connectivity index (χ4n) is 2.48. The standard InChI is InChI=1S/C16H17N3OS/c1-9-15(21-10(2)18-9)8-17-12-5-6-14-13(7-12)19-16(20-14)11-3-4-11/h5-7,11,17H,3-4,8H2,1-2H3. The molecule has 21 heavy (non-hydrogen) atoms. The van der Waals surface area contributed by atoms with Gasteiger partial charge in [-0.05, 0) is 44.9 Å². The van der Waals surface area contributed by atoms with Gasteiger partial charge < -0.3 is 9.73 Å². The summed E-state index contributed by atoms with van der Waals surface area (Å²) in [6.45, 7) is 4.90. The lowest BCUT2D eigenvalue weighted by molar-refractivity contribution is 0.533. The number of fused-ring (bicyclic) bond motifs is 1.